The molecule has 6 heteroatoms. The second kappa shape index (κ2) is 5.54. The minimum absolute atomic E-state index is 0.0138. The molecule has 0 aromatic heterocycles. The molecule has 108 valence electrons. The van der Waals surface area contributed by atoms with Crippen LogP contribution in [0.25, 0.3) is 0 Å². The minimum Gasteiger partial charge on any atom is -0.489 e. The Morgan fingerprint density at radius 3 is 2.81 bits per heavy atom. The molecule has 1 aliphatic heterocycles. The van der Waals surface area contributed by atoms with E-state index >= 15 is 0 Å². The van der Waals surface area contributed by atoms with Crippen molar-refractivity contribution in [3.63, 3.8) is 0 Å². The van der Waals surface area contributed by atoms with Crippen molar-refractivity contribution in [1.82, 2.24) is 0 Å². The van der Waals surface area contributed by atoms with Gasteiger partial charge in [0.25, 0.3) is 0 Å². The van der Waals surface area contributed by atoms with Gasteiger partial charge in [0, 0.05) is 0 Å². The van der Waals surface area contributed by atoms with Crippen LogP contribution in [0.15, 0.2) is 36.4 Å². The number of rotatable bonds is 4. The standard InChI is InChI=1S/C15H11ClO5/c16-12-3-2-10(6-11(12)15(17)18)19-7-9-1-4-13-14(5-9)21-8-20-13/h1-6H,7-8H2,(H,17,18). The van der Waals surface area contributed by atoms with Gasteiger partial charge in [0.15, 0.2) is 11.5 Å². The highest BCUT2D eigenvalue weighted by atomic mass is 35.5. The summed E-state index contributed by atoms with van der Waals surface area (Å²) >= 11 is 5.81. The molecule has 1 aliphatic rings. The average Bonchev–Trinajstić information content (AvgIpc) is 2.93. The number of carbonyl (C=O) groups is 1. The van der Waals surface area contributed by atoms with Crippen LogP contribution in [0.3, 0.4) is 0 Å². The topological polar surface area (TPSA) is 65.0 Å². The van der Waals surface area contributed by atoms with Gasteiger partial charge in [-0.1, -0.05) is 17.7 Å². The van der Waals surface area contributed by atoms with Gasteiger partial charge in [-0.05, 0) is 35.9 Å². The Balaban J connectivity index is 1.73. The molecule has 0 saturated carbocycles. The molecular formula is C15H11ClO5. The van der Waals surface area contributed by atoms with E-state index in [2.05, 4.69) is 0 Å². The fourth-order valence-electron chi connectivity index (χ4n) is 1.96. The Hall–Kier alpha value is -2.40. The summed E-state index contributed by atoms with van der Waals surface area (Å²) in [6, 6.07) is 10.0. The predicted octanol–water partition coefficient (Wildman–Crippen LogP) is 3.35. The molecule has 5 nitrogen and oxygen atoms in total. The van der Waals surface area contributed by atoms with E-state index in [1.54, 1.807) is 6.07 Å². The van der Waals surface area contributed by atoms with Crippen LogP contribution in [0.5, 0.6) is 17.2 Å². The summed E-state index contributed by atoms with van der Waals surface area (Å²) in [4.78, 5) is 11.0. The van der Waals surface area contributed by atoms with E-state index in [9.17, 15) is 4.79 Å². The van der Waals surface area contributed by atoms with E-state index < -0.39 is 5.97 Å². The number of fused-ring (bicyclic) bond motifs is 1. The largest absolute Gasteiger partial charge is 0.489 e. The summed E-state index contributed by atoms with van der Waals surface area (Å²) in [5.74, 6) is 0.736. The number of hydrogen-bond donors (Lipinski definition) is 1. The summed E-state index contributed by atoms with van der Waals surface area (Å²) in [5, 5.41) is 9.19. The van der Waals surface area contributed by atoms with Crippen LogP contribution in [0.1, 0.15) is 15.9 Å². The Morgan fingerprint density at radius 1 is 1.19 bits per heavy atom. The van der Waals surface area contributed by atoms with Gasteiger partial charge in [-0.2, -0.15) is 0 Å². The van der Waals surface area contributed by atoms with Crippen molar-refractivity contribution in [2.45, 2.75) is 6.61 Å². The third-order valence-electron chi connectivity index (χ3n) is 3.01. The van der Waals surface area contributed by atoms with E-state index in [1.165, 1.54) is 12.1 Å². The molecule has 0 atom stereocenters. The normalized spacial score (nSPS) is 12.2. The third kappa shape index (κ3) is 2.87. The first-order valence-electron chi connectivity index (χ1n) is 6.17. The third-order valence-corrected chi connectivity index (χ3v) is 3.34. The zero-order chi connectivity index (χ0) is 14.8. The van der Waals surface area contributed by atoms with Crippen molar-refractivity contribution >= 4 is 17.6 Å². The van der Waals surface area contributed by atoms with Crippen molar-refractivity contribution in [3.8, 4) is 17.2 Å². The first-order chi connectivity index (χ1) is 10.1. The van der Waals surface area contributed by atoms with E-state index in [1.807, 2.05) is 18.2 Å². The van der Waals surface area contributed by atoms with Crippen molar-refractivity contribution in [2.75, 3.05) is 6.79 Å². The first kappa shape index (κ1) is 13.6. The van der Waals surface area contributed by atoms with Crippen LogP contribution in [0.4, 0.5) is 0 Å². The van der Waals surface area contributed by atoms with E-state index in [-0.39, 0.29) is 24.0 Å². The number of aromatic carboxylic acids is 1. The summed E-state index contributed by atoms with van der Waals surface area (Å²) in [6.07, 6.45) is 0. The molecule has 1 heterocycles. The summed E-state index contributed by atoms with van der Waals surface area (Å²) in [5.41, 5.74) is 0.908. The number of carboxylic acid groups (broad SMARTS) is 1. The zero-order valence-electron chi connectivity index (χ0n) is 10.8. The van der Waals surface area contributed by atoms with Gasteiger partial charge in [0.1, 0.15) is 12.4 Å². The Bertz CT molecular complexity index is 698. The van der Waals surface area contributed by atoms with Crippen molar-refractivity contribution in [2.24, 2.45) is 0 Å². The number of benzene rings is 2. The lowest BCUT2D eigenvalue weighted by Gasteiger charge is -2.08. The van der Waals surface area contributed by atoms with Crippen molar-refractivity contribution in [1.29, 1.82) is 0 Å². The van der Waals surface area contributed by atoms with Gasteiger partial charge in [0.05, 0.1) is 10.6 Å². The lowest BCUT2D eigenvalue weighted by Crippen LogP contribution is -2.00. The van der Waals surface area contributed by atoms with Gasteiger partial charge in [-0.15, -0.1) is 0 Å². The molecule has 3 rings (SSSR count). The summed E-state index contributed by atoms with van der Waals surface area (Å²) in [7, 11) is 0. The Morgan fingerprint density at radius 2 is 2.00 bits per heavy atom. The minimum atomic E-state index is -1.09. The van der Waals surface area contributed by atoms with Crippen molar-refractivity contribution < 1.29 is 24.1 Å². The summed E-state index contributed by atoms with van der Waals surface area (Å²) in [6.45, 7) is 0.510. The Labute approximate surface area is 125 Å². The number of halogens is 1. The SMILES string of the molecule is O=C(O)c1cc(OCc2ccc3c(c2)OCO3)ccc1Cl. The first-order valence-corrected chi connectivity index (χ1v) is 6.55. The molecule has 0 bridgehead atoms. The molecule has 0 aliphatic carbocycles. The lowest BCUT2D eigenvalue weighted by molar-refractivity contribution is 0.0696. The molecule has 0 spiro atoms. The quantitative estimate of drug-likeness (QED) is 0.938. The number of ether oxygens (including phenoxy) is 3. The molecule has 0 saturated heterocycles. The highest BCUT2D eigenvalue weighted by molar-refractivity contribution is 6.33. The van der Waals surface area contributed by atoms with Crippen LogP contribution in [-0.2, 0) is 6.61 Å². The summed E-state index contributed by atoms with van der Waals surface area (Å²) < 4.78 is 16.1. The number of carboxylic acids is 1. The van der Waals surface area contributed by atoms with Gasteiger partial charge in [0.2, 0.25) is 6.79 Å². The smallest absolute Gasteiger partial charge is 0.337 e. The van der Waals surface area contributed by atoms with Crippen LogP contribution in [0, 0.1) is 0 Å². The van der Waals surface area contributed by atoms with Crippen LogP contribution in [-0.4, -0.2) is 17.9 Å². The molecule has 1 N–H and O–H groups in total. The maximum Gasteiger partial charge on any atom is 0.337 e. The highest BCUT2D eigenvalue weighted by Crippen LogP contribution is 2.33. The Kier molecular flexibility index (Phi) is 3.58. The molecular weight excluding hydrogens is 296 g/mol. The monoisotopic (exact) mass is 306 g/mol. The highest BCUT2D eigenvalue weighted by Gasteiger charge is 2.14. The van der Waals surface area contributed by atoms with Gasteiger partial charge < -0.3 is 19.3 Å². The molecule has 2 aromatic carbocycles. The maximum atomic E-state index is 11.0. The second-order valence-electron chi connectivity index (χ2n) is 4.42. The zero-order valence-corrected chi connectivity index (χ0v) is 11.6. The van der Waals surface area contributed by atoms with E-state index in [0.717, 1.165) is 5.56 Å². The average molecular weight is 307 g/mol. The van der Waals surface area contributed by atoms with Gasteiger partial charge in [-0.25, -0.2) is 4.79 Å². The fraction of sp³-hybridized carbons (Fsp3) is 0.133. The molecule has 0 fully saturated rings. The van der Waals surface area contributed by atoms with Crippen LogP contribution in [0.2, 0.25) is 5.02 Å². The van der Waals surface area contributed by atoms with Crippen LogP contribution < -0.4 is 14.2 Å². The van der Waals surface area contributed by atoms with Crippen molar-refractivity contribution in [3.05, 3.63) is 52.5 Å². The second-order valence-corrected chi connectivity index (χ2v) is 4.83. The molecule has 0 amide bonds. The van der Waals surface area contributed by atoms with Gasteiger partial charge in [-0.3, -0.25) is 0 Å². The molecule has 0 radical (unpaired) electrons. The molecule has 2 aromatic rings. The molecule has 0 unspecified atom stereocenters. The predicted molar refractivity (Wildman–Crippen MR) is 75.3 cm³/mol. The fourth-order valence-corrected chi connectivity index (χ4v) is 2.15. The molecule has 21 heavy (non-hydrogen) atoms. The van der Waals surface area contributed by atoms with E-state index in [0.29, 0.717) is 17.2 Å². The number of hydrogen-bond acceptors (Lipinski definition) is 4. The maximum absolute atomic E-state index is 11.0. The van der Waals surface area contributed by atoms with E-state index in [4.69, 9.17) is 30.9 Å². The van der Waals surface area contributed by atoms with Gasteiger partial charge >= 0.3 is 5.97 Å². The van der Waals surface area contributed by atoms with Crippen LogP contribution >= 0.6 is 11.6 Å². The lowest BCUT2D eigenvalue weighted by atomic mass is 10.2.